The van der Waals surface area contributed by atoms with Gasteiger partial charge in [0, 0.05) is 11.1 Å². The fourth-order valence-corrected chi connectivity index (χ4v) is 4.31. The molecule has 0 radical (unpaired) electrons. The van der Waals surface area contributed by atoms with Crippen LogP contribution < -0.4 is 16.0 Å². The van der Waals surface area contributed by atoms with Gasteiger partial charge in [0.2, 0.25) is 5.89 Å². The molecule has 1 aliphatic heterocycles. The second-order valence-corrected chi connectivity index (χ2v) is 9.78. The number of nitrogens with one attached hydrogen (secondary N) is 1. The van der Waals surface area contributed by atoms with Crippen LogP contribution in [0.1, 0.15) is 42.6 Å². The molecule has 10 heteroatoms. The summed E-state index contributed by atoms with van der Waals surface area (Å²) in [5, 5.41) is 2.85. The number of nitrogens with two attached hydrogens (primary N) is 1. The van der Waals surface area contributed by atoms with Crippen molar-refractivity contribution < 1.29 is 18.7 Å². The summed E-state index contributed by atoms with van der Waals surface area (Å²) in [6.45, 7) is 13.5. The maximum atomic E-state index is 12.8. The lowest BCUT2D eigenvalue weighted by atomic mass is 10.0. The topological polar surface area (TPSA) is 128 Å². The molecule has 1 saturated heterocycles. The summed E-state index contributed by atoms with van der Waals surface area (Å²) in [7, 11) is 0. The lowest BCUT2D eigenvalue weighted by Crippen LogP contribution is -2.43. The number of oxazole rings is 1. The number of pyridine rings is 1. The number of anilines is 2. The van der Waals surface area contributed by atoms with E-state index in [9.17, 15) is 9.59 Å². The fraction of sp³-hybridized carbons (Fsp3) is 0.250. The first-order valence-electron chi connectivity index (χ1n) is 12.1. The Hall–Kier alpha value is -4.91. The number of carbonyl (C=O) groups is 2. The highest BCUT2D eigenvalue weighted by Crippen LogP contribution is 2.34. The number of ether oxygens (including phenoxy) is 1. The van der Waals surface area contributed by atoms with Gasteiger partial charge < -0.3 is 20.2 Å². The highest BCUT2D eigenvalue weighted by Gasteiger charge is 2.43. The van der Waals surface area contributed by atoms with Crippen molar-refractivity contribution in [1.29, 1.82) is 0 Å². The van der Waals surface area contributed by atoms with Gasteiger partial charge in [0.05, 0.1) is 37.1 Å². The molecule has 2 aromatic heterocycles. The van der Waals surface area contributed by atoms with Crippen LogP contribution in [0.5, 0.6) is 0 Å². The minimum absolute atomic E-state index is 0.122. The van der Waals surface area contributed by atoms with Crippen LogP contribution in [0.4, 0.5) is 22.0 Å². The Bertz CT molecular complexity index is 1570. The SMILES string of the molecule is [C-]#[N+]c1cc(C(C)C)c2oc(-c3ccc(C(=O)NCC4(C)CN(c5ccc(N)cn5)C(=O)O4)cc3)nc2c1. The van der Waals surface area contributed by atoms with Gasteiger partial charge >= 0.3 is 6.09 Å². The van der Waals surface area contributed by atoms with Gasteiger partial charge in [-0.2, -0.15) is 0 Å². The summed E-state index contributed by atoms with van der Waals surface area (Å²) >= 11 is 0. The summed E-state index contributed by atoms with van der Waals surface area (Å²) in [5.41, 5.74) is 9.12. The van der Waals surface area contributed by atoms with Gasteiger partial charge in [-0.05, 0) is 66.9 Å². The number of nitrogens with zero attached hydrogens (tertiary/aromatic N) is 4. The van der Waals surface area contributed by atoms with E-state index in [2.05, 4.69) is 20.1 Å². The molecule has 4 aromatic rings. The van der Waals surface area contributed by atoms with Crippen LogP contribution in [-0.2, 0) is 4.74 Å². The third kappa shape index (κ3) is 4.74. The van der Waals surface area contributed by atoms with E-state index in [1.165, 1.54) is 11.1 Å². The van der Waals surface area contributed by atoms with Crippen molar-refractivity contribution in [2.45, 2.75) is 32.3 Å². The monoisotopic (exact) mass is 510 g/mol. The average molecular weight is 511 g/mol. The molecule has 3 heterocycles. The van der Waals surface area contributed by atoms with Crippen molar-refractivity contribution in [1.82, 2.24) is 15.3 Å². The second kappa shape index (κ2) is 9.52. The molecule has 2 amide bonds. The lowest BCUT2D eigenvalue weighted by molar-refractivity contribution is 0.0653. The average Bonchev–Trinajstić information content (AvgIpc) is 3.47. The van der Waals surface area contributed by atoms with Crippen molar-refractivity contribution in [2.24, 2.45) is 0 Å². The molecule has 1 fully saturated rings. The second-order valence-electron chi connectivity index (χ2n) is 9.78. The van der Waals surface area contributed by atoms with Crippen LogP contribution in [0, 0.1) is 6.57 Å². The Morgan fingerprint density at radius 2 is 2.00 bits per heavy atom. The number of hydrogen-bond acceptors (Lipinski definition) is 7. The summed E-state index contributed by atoms with van der Waals surface area (Å²) < 4.78 is 11.6. The standard InChI is InChI=1S/C28H26N6O4/c1-16(2)21-11-20(30-4)12-22-24(21)37-26(33-22)18-7-5-17(6-8-18)25(35)32-14-28(3)15-34(27(36)38-28)23-10-9-19(29)13-31-23/h5-13,16H,14-15,29H2,1-3H3,(H,32,35). The van der Waals surface area contributed by atoms with Crippen molar-refractivity contribution in [2.75, 3.05) is 23.7 Å². The predicted molar refractivity (Wildman–Crippen MR) is 143 cm³/mol. The molecule has 0 spiro atoms. The molecule has 0 saturated carbocycles. The Morgan fingerprint density at radius 1 is 1.24 bits per heavy atom. The third-order valence-corrected chi connectivity index (χ3v) is 6.37. The largest absolute Gasteiger partial charge is 0.439 e. The summed E-state index contributed by atoms with van der Waals surface area (Å²) in [5.74, 6) is 0.707. The molecule has 10 nitrogen and oxygen atoms in total. The number of cyclic esters (lactones) is 1. The molecule has 0 bridgehead atoms. The number of nitrogen functional groups attached to an aromatic ring is 1. The first-order valence-corrected chi connectivity index (χ1v) is 12.1. The molecule has 1 atom stereocenters. The lowest BCUT2D eigenvalue weighted by Gasteiger charge is -2.22. The van der Waals surface area contributed by atoms with E-state index in [0.717, 1.165) is 5.56 Å². The molecule has 1 aliphatic rings. The first kappa shape index (κ1) is 24.8. The Kier molecular flexibility index (Phi) is 6.20. The van der Waals surface area contributed by atoms with Crippen molar-refractivity contribution in [3.63, 3.8) is 0 Å². The van der Waals surface area contributed by atoms with Gasteiger partial charge in [0.15, 0.2) is 11.3 Å². The Morgan fingerprint density at radius 3 is 2.66 bits per heavy atom. The van der Waals surface area contributed by atoms with E-state index in [-0.39, 0.29) is 24.9 Å². The number of rotatable bonds is 6. The van der Waals surface area contributed by atoms with E-state index >= 15 is 0 Å². The first-order chi connectivity index (χ1) is 18.2. The summed E-state index contributed by atoms with van der Waals surface area (Å²) in [6, 6.07) is 13.7. The molecular weight excluding hydrogens is 484 g/mol. The maximum absolute atomic E-state index is 12.8. The molecule has 3 N–H and O–H groups in total. The number of benzene rings is 2. The van der Waals surface area contributed by atoms with E-state index in [0.29, 0.717) is 45.3 Å². The molecular formula is C28H26N6O4. The van der Waals surface area contributed by atoms with Gasteiger partial charge in [0.25, 0.3) is 5.91 Å². The number of fused-ring (bicyclic) bond motifs is 1. The highest BCUT2D eigenvalue weighted by atomic mass is 16.6. The van der Waals surface area contributed by atoms with Crippen LogP contribution in [-0.4, -0.2) is 40.7 Å². The zero-order chi connectivity index (χ0) is 27.0. The predicted octanol–water partition coefficient (Wildman–Crippen LogP) is 5.29. The Balaban J connectivity index is 1.27. The molecule has 1 unspecified atom stereocenters. The van der Waals surface area contributed by atoms with Crippen molar-refractivity contribution in [3.8, 4) is 11.5 Å². The van der Waals surface area contributed by atoms with Gasteiger partial charge in [-0.15, -0.1) is 0 Å². The number of hydrogen-bond donors (Lipinski definition) is 2. The van der Waals surface area contributed by atoms with Gasteiger partial charge in [-0.25, -0.2) is 19.6 Å². The minimum atomic E-state index is -0.924. The van der Waals surface area contributed by atoms with Crippen LogP contribution in [0.25, 0.3) is 27.4 Å². The van der Waals surface area contributed by atoms with Gasteiger partial charge in [0.1, 0.15) is 11.4 Å². The van der Waals surface area contributed by atoms with Crippen LogP contribution >= 0.6 is 0 Å². The summed E-state index contributed by atoms with van der Waals surface area (Å²) in [4.78, 5) is 38.9. The normalized spacial score (nSPS) is 17.0. The molecule has 192 valence electrons. The van der Waals surface area contributed by atoms with E-state index in [1.807, 2.05) is 19.9 Å². The van der Waals surface area contributed by atoms with Crippen LogP contribution in [0.2, 0.25) is 0 Å². The molecule has 0 aliphatic carbocycles. The molecule has 2 aromatic carbocycles. The number of amides is 2. The minimum Gasteiger partial charge on any atom is -0.439 e. The van der Waals surface area contributed by atoms with Gasteiger partial charge in [-0.3, -0.25) is 9.69 Å². The third-order valence-electron chi connectivity index (χ3n) is 6.37. The van der Waals surface area contributed by atoms with E-state index < -0.39 is 11.7 Å². The van der Waals surface area contributed by atoms with Gasteiger partial charge in [-0.1, -0.05) is 13.8 Å². The van der Waals surface area contributed by atoms with Crippen LogP contribution in [0.3, 0.4) is 0 Å². The van der Waals surface area contributed by atoms with Crippen molar-refractivity contribution >= 4 is 40.3 Å². The fourth-order valence-electron chi connectivity index (χ4n) is 4.31. The zero-order valence-electron chi connectivity index (χ0n) is 21.2. The van der Waals surface area contributed by atoms with E-state index in [4.69, 9.17) is 21.5 Å². The quantitative estimate of drug-likeness (QED) is 0.337. The highest BCUT2D eigenvalue weighted by molar-refractivity contribution is 5.95. The van der Waals surface area contributed by atoms with E-state index in [1.54, 1.807) is 49.4 Å². The smallest absolute Gasteiger partial charge is 0.416 e. The summed E-state index contributed by atoms with van der Waals surface area (Å²) in [6.07, 6.45) is 0.934. The van der Waals surface area contributed by atoms with Crippen LogP contribution in [0.15, 0.2) is 59.1 Å². The zero-order valence-corrected chi connectivity index (χ0v) is 21.2. The Labute approximate surface area is 219 Å². The van der Waals surface area contributed by atoms with Crippen molar-refractivity contribution in [3.05, 3.63) is 77.3 Å². The number of aromatic nitrogens is 2. The molecule has 5 rings (SSSR count). The number of carbonyl (C=O) groups excluding carboxylic acids is 2. The maximum Gasteiger partial charge on any atom is 0.416 e. The molecule has 38 heavy (non-hydrogen) atoms.